The summed E-state index contributed by atoms with van der Waals surface area (Å²) < 4.78 is 0. The first-order chi connectivity index (χ1) is 15.1. The molecule has 3 aromatic rings. The van der Waals surface area contributed by atoms with Crippen molar-refractivity contribution in [2.45, 2.75) is 37.7 Å². The van der Waals surface area contributed by atoms with Crippen molar-refractivity contribution >= 4 is 51.6 Å². The van der Waals surface area contributed by atoms with E-state index in [4.69, 9.17) is 17.3 Å². The van der Waals surface area contributed by atoms with Gasteiger partial charge in [-0.3, -0.25) is 9.59 Å². The second kappa shape index (κ2) is 8.80. The van der Waals surface area contributed by atoms with Crippen molar-refractivity contribution in [2.24, 2.45) is 11.1 Å². The highest BCUT2D eigenvalue weighted by molar-refractivity contribution is 8.01. The van der Waals surface area contributed by atoms with Gasteiger partial charge in [0.15, 0.2) is 0 Å². The van der Waals surface area contributed by atoms with Crippen LogP contribution in [0.1, 0.15) is 43.6 Å². The molecule has 0 bridgehead atoms. The number of nitrogens with two attached hydrogens (primary N) is 1. The smallest absolute Gasteiger partial charge is 0.240 e. The van der Waals surface area contributed by atoms with Gasteiger partial charge in [-0.1, -0.05) is 74.8 Å². The maximum atomic E-state index is 13.7. The molecule has 0 aliphatic carbocycles. The maximum Gasteiger partial charge on any atom is 0.240 e. The van der Waals surface area contributed by atoms with E-state index in [1.165, 1.54) is 11.8 Å². The number of carbonyl (C=O) groups is 2. The number of fused-ring (bicyclic) bond motifs is 2. The molecule has 4 nitrogen and oxygen atoms in total. The molecule has 3 aromatic carbocycles. The average Bonchev–Trinajstić information content (AvgIpc) is 2.82. The first-order valence-corrected chi connectivity index (χ1v) is 12.0. The Balaban J connectivity index is 1.96. The molecular formula is C26H27ClN2O2S. The number of anilines is 1. The number of thioether (sulfide) groups is 1. The molecule has 166 valence electrons. The topological polar surface area (TPSA) is 63.4 Å². The minimum absolute atomic E-state index is 0.00682. The van der Waals surface area contributed by atoms with Gasteiger partial charge in [0.05, 0.1) is 10.5 Å². The minimum Gasteiger partial charge on any atom is -0.370 e. The predicted molar refractivity (Wildman–Crippen MR) is 134 cm³/mol. The summed E-state index contributed by atoms with van der Waals surface area (Å²) in [7, 11) is 0. The Morgan fingerprint density at radius 2 is 1.78 bits per heavy atom. The van der Waals surface area contributed by atoms with Crippen LogP contribution in [0, 0.1) is 5.41 Å². The highest BCUT2D eigenvalue weighted by atomic mass is 35.5. The number of halogens is 1. The van der Waals surface area contributed by atoms with Gasteiger partial charge in [0.1, 0.15) is 0 Å². The summed E-state index contributed by atoms with van der Waals surface area (Å²) in [4.78, 5) is 27.4. The van der Waals surface area contributed by atoms with Crippen molar-refractivity contribution in [1.82, 2.24) is 0 Å². The van der Waals surface area contributed by atoms with E-state index in [9.17, 15) is 9.59 Å². The standard InChI is InChI=1S/C26H27ClN2O2S/c1-26(2,3)15-29-21-12-11-17(27)13-20(21)24(32-22(25(29)31)14-23(28)30)19-10-6-8-16-7-4-5-9-18(16)19/h4-13,22,24H,14-15H2,1-3H3,(H2,28,30)/t22-,24-/m0/s1. The van der Waals surface area contributed by atoms with Gasteiger partial charge < -0.3 is 10.6 Å². The van der Waals surface area contributed by atoms with Gasteiger partial charge in [-0.15, -0.1) is 11.8 Å². The van der Waals surface area contributed by atoms with Gasteiger partial charge in [-0.2, -0.15) is 0 Å². The molecule has 0 fully saturated rings. The molecule has 1 heterocycles. The Kier molecular flexibility index (Phi) is 6.24. The van der Waals surface area contributed by atoms with Crippen LogP contribution in [0.25, 0.3) is 10.8 Å². The van der Waals surface area contributed by atoms with Crippen molar-refractivity contribution in [3.63, 3.8) is 0 Å². The molecule has 0 saturated heterocycles. The molecule has 2 atom stereocenters. The lowest BCUT2D eigenvalue weighted by atomic mass is 9.93. The SMILES string of the molecule is CC(C)(C)CN1C(=O)[C@H](CC(N)=O)S[C@@H](c2cccc3ccccc23)c2cc(Cl)ccc21. The normalized spacial score (nSPS) is 19.0. The molecule has 0 aromatic heterocycles. The molecule has 1 aliphatic heterocycles. The first-order valence-electron chi connectivity index (χ1n) is 10.7. The van der Waals surface area contributed by atoms with Gasteiger partial charge in [-0.25, -0.2) is 0 Å². The fraction of sp³-hybridized carbons (Fsp3) is 0.308. The number of carbonyl (C=O) groups excluding carboxylic acids is 2. The van der Waals surface area contributed by atoms with E-state index in [1.54, 1.807) is 0 Å². The third-order valence-electron chi connectivity index (χ3n) is 5.53. The largest absolute Gasteiger partial charge is 0.370 e. The summed E-state index contributed by atoms with van der Waals surface area (Å²) in [5, 5.41) is 2.11. The zero-order valence-electron chi connectivity index (χ0n) is 18.5. The molecule has 2 amide bonds. The van der Waals surface area contributed by atoms with Crippen LogP contribution in [0.5, 0.6) is 0 Å². The number of rotatable bonds is 4. The summed E-state index contributed by atoms with van der Waals surface area (Å²) in [6, 6.07) is 20.1. The lowest BCUT2D eigenvalue weighted by Crippen LogP contribution is -2.43. The maximum absolute atomic E-state index is 13.7. The highest BCUT2D eigenvalue weighted by Crippen LogP contribution is 2.49. The van der Waals surface area contributed by atoms with E-state index in [1.807, 2.05) is 41.3 Å². The summed E-state index contributed by atoms with van der Waals surface area (Å²) >= 11 is 7.94. The van der Waals surface area contributed by atoms with E-state index in [2.05, 4.69) is 45.0 Å². The molecule has 4 rings (SSSR count). The summed E-state index contributed by atoms with van der Waals surface area (Å²) in [6.45, 7) is 6.82. The Morgan fingerprint density at radius 1 is 1.06 bits per heavy atom. The molecule has 2 N–H and O–H groups in total. The molecule has 1 aliphatic rings. The van der Waals surface area contributed by atoms with Crippen LogP contribution in [0.2, 0.25) is 5.02 Å². The molecule has 0 unspecified atom stereocenters. The number of benzene rings is 3. The molecular weight excluding hydrogens is 440 g/mol. The van der Waals surface area contributed by atoms with Gasteiger partial charge in [0.25, 0.3) is 0 Å². The quantitative estimate of drug-likeness (QED) is 0.516. The van der Waals surface area contributed by atoms with Crippen LogP contribution in [0.15, 0.2) is 60.7 Å². The number of hydrogen-bond acceptors (Lipinski definition) is 3. The molecule has 0 spiro atoms. The van der Waals surface area contributed by atoms with Crippen molar-refractivity contribution in [3.05, 3.63) is 76.8 Å². The van der Waals surface area contributed by atoms with E-state index >= 15 is 0 Å². The second-order valence-corrected chi connectivity index (χ2v) is 11.2. The monoisotopic (exact) mass is 466 g/mol. The van der Waals surface area contributed by atoms with Crippen LogP contribution in [-0.4, -0.2) is 23.6 Å². The van der Waals surface area contributed by atoms with E-state index < -0.39 is 11.2 Å². The lowest BCUT2D eigenvalue weighted by Gasteiger charge is -2.31. The molecule has 32 heavy (non-hydrogen) atoms. The Morgan fingerprint density at radius 3 is 2.50 bits per heavy atom. The highest BCUT2D eigenvalue weighted by Gasteiger charge is 2.38. The van der Waals surface area contributed by atoms with Crippen LogP contribution < -0.4 is 10.6 Å². The number of primary amides is 1. The second-order valence-electron chi connectivity index (χ2n) is 9.43. The Hall–Kier alpha value is -2.50. The zero-order valence-corrected chi connectivity index (χ0v) is 20.0. The number of nitrogens with zero attached hydrogens (tertiary/aromatic N) is 1. The zero-order chi connectivity index (χ0) is 23.0. The van der Waals surface area contributed by atoms with Gasteiger partial charge in [0.2, 0.25) is 11.8 Å². The third-order valence-corrected chi connectivity index (χ3v) is 7.24. The van der Waals surface area contributed by atoms with Gasteiger partial charge >= 0.3 is 0 Å². The summed E-state index contributed by atoms with van der Waals surface area (Å²) in [5.41, 5.74) is 8.35. The number of hydrogen-bond donors (Lipinski definition) is 1. The fourth-order valence-electron chi connectivity index (χ4n) is 4.25. The Labute approximate surface area is 198 Å². The fourth-order valence-corrected chi connectivity index (χ4v) is 5.95. The third kappa shape index (κ3) is 4.64. The predicted octanol–water partition coefficient (Wildman–Crippen LogP) is 5.95. The van der Waals surface area contributed by atoms with E-state index in [0.29, 0.717) is 11.6 Å². The van der Waals surface area contributed by atoms with E-state index in [-0.39, 0.29) is 23.0 Å². The van der Waals surface area contributed by atoms with Gasteiger partial charge in [0, 0.05) is 23.7 Å². The van der Waals surface area contributed by atoms with Crippen LogP contribution in [0.3, 0.4) is 0 Å². The molecule has 0 radical (unpaired) electrons. The Bertz CT molecular complexity index is 1180. The van der Waals surface area contributed by atoms with Crippen LogP contribution in [0.4, 0.5) is 5.69 Å². The average molecular weight is 467 g/mol. The van der Waals surface area contributed by atoms with Crippen molar-refractivity contribution in [2.75, 3.05) is 11.4 Å². The van der Waals surface area contributed by atoms with Crippen molar-refractivity contribution < 1.29 is 9.59 Å². The summed E-state index contributed by atoms with van der Waals surface area (Å²) in [5.74, 6) is -0.567. The molecule has 0 saturated carbocycles. The minimum atomic E-state index is -0.579. The van der Waals surface area contributed by atoms with Crippen molar-refractivity contribution in [3.8, 4) is 0 Å². The van der Waals surface area contributed by atoms with Crippen LogP contribution in [-0.2, 0) is 9.59 Å². The van der Waals surface area contributed by atoms with Gasteiger partial charge in [-0.05, 0) is 45.5 Å². The lowest BCUT2D eigenvalue weighted by molar-refractivity contribution is -0.123. The molecule has 6 heteroatoms. The van der Waals surface area contributed by atoms with Crippen molar-refractivity contribution in [1.29, 1.82) is 0 Å². The number of amides is 2. The van der Waals surface area contributed by atoms with E-state index in [0.717, 1.165) is 27.6 Å². The first kappa shape index (κ1) is 22.7. The summed E-state index contributed by atoms with van der Waals surface area (Å²) in [6.07, 6.45) is -0.00682. The van der Waals surface area contributed by atoms with Crippen LogP contribution >= 0.6 is 23.4 Å².